The molecule has 28 heavy (non-hydrogen) atoms. The molecular formula is C22H34N2O4. The van der Waals surface area contributed by atoms with Crippen LogP contribution in [0.3, 0.4) is 0 Å². The first-order chi connectivity index (χ1) is 13.5. The number of ether oxygens (including phenoxy) is 2. The van der Waals surface area contributed by atoms with E-state index in [1.54, 1.807) is 7.11 Å². The van der Waals surface area contributed by atoms with E-state index < -0.39 is 0 Å². The Kier molecular flexibility index (Phi) is 9.28. The Morgan fingerprint density at radius 1 is 1.18 bits per heavy atom. The second-order valence-corrected chi connectivity index (χ2v) is 7.61. The van der Waals surface area contributed by atoms with Gasteiger partial charge in [0.05, 0.1) is 14.2 Å². The summed E-state index contributed by atoms with van der Waals surface area (Å²) >= 11 is 0. The van der Waals surface area contributed by atoms with Crippen molar-refractivity contribution in [2.45, 2.75) is 38.5 Å². The van der Waals surface area contributed by atoms with Gasteiger partial charge >= 0.3 is 5.97 Å². The number of rotatable bonds is 10. The van der Waals surface area contributed by atoms with Crippen LogP contribution in [0.4, 0.5) is 0 Å². The van der Waals surface area contributed by atoms with Crippen molar-refractivity contribution in [3.05, 3.63) is 29.8 Å². The van der Waals surface area contributed by atoms with Crippen LogP contribution in [0, 0.1) is 5.92 Å². The van der Waals surface area contributed by atoms with Gasteiger partial charge in [0.15, 0.2) is 0 Å². The summed E-state index contributed by atoms with van der Waals surface area (Å²) in [5, 5.41) is 0. The fourth-order valence-electron chi connectivity index (χ4n) is 3.75. The second kappa shape index (κ2) is 11.7. The van der Waals surface area contributed by atoms with Crippen molar-refractivity contribution in [2.75, 3.05) is 47.4 Å². The van der Waals surface area contributed by atoms with Crippen molar-refractivity contribution in [1.82, 2.24) is 9.80 Å². The molecule has 2 rings (SSSR count). The molecule has 1 aromatic rings. The lowest BCUT2D eigenvalue weighted by atomic mass is 9.97. The average molecular weight is 391 g/mol. The quantitative estimate of drug-likeness (QED) is 0.575. The third-order valence-corrected chi connectivity index (χ3v) is 5.44. The van der Waals surface area contributed by atoms with E-state index in [1.165, 1.54) is 25.5 Å². The molecule has 1 aliphatic heterocycles. The van der Waals surface area contributed by atoms with E-state index in [0.29, 0.717) is 25.2 Å². The monoisotopic (exact) mass is 390 g/mol. The zero-order chi connectivity index (χ0) is 20.4. The predicted molar refractivity (Wildman–Crippen MR) is 109 cm³/mol. The molecule has 0 spiro atoms. The van der Waals surface area contributed by atoms with Gasteiger partial charge in [-0.2, -0.15) is 0 Å². The number of amides is 1. The number of hydrogen-bond acceptors (Lipinski definition) is 5. The average Bonchev–Trinajstić information content (AvgIpc) is 2.72. The van der Waals surface area contributed by atoms with Crippen LogP contribution in [0.2, 0.25) is 0 Å². The molecular weight excluding hydrogens is 356 g/mol. The van der Waals surface area contributed by atoms with E-state index in [2.05, 4.69) is 21.8 Å². The minimum atomic E-state index is -0.254. The number of piperidine rings is 1. The number of hydrogen-bond donors (Lipinski definition) is 0. The fourth-order valence-corrected chi connectivity index (χ4v) is 3.75. The largest absolute Gasteiger partial charge is 0.497 e. The molecule has 6 nitrogen and oxygen atoms in total. The maximum absolute atomic E-state index is 12.3. The van der Waals surface area contributed by atoms with Gasteiger partial charge < -0.3 is 19.3 Å². The van der Waals surface area contributed by atoms with Crippen LogP contribution in [0.1, 0.15) is 37.7 Å². The van der Waals surface area contributed by atoms with Gasteiger partial charge in [-0.05, 0) is 55.8 Å². The molecule has 1 aromatic carbocycles. The number of carbonyl (C=O) groups is 2. The molecule has 1 atom stereocenters. The molecule has 1 saturated heterocycles. The molecule has 6 heteroatoms. The first-order valence-electron chi connectivity index (χ1n) is 10.2. The molecule has 0 bridgehead atoms. The number of esters is 1. The third kappa shape index (κ3) is 7.50. The maximum Gasteiger partial charge on any atom is 0.305 e. The molecule has 1 amide bonds. The normalized spacial score (nSPS) is 17.2. The van der Waals surface area contributed by atoms with Crippen LogP contribution >= 0.6 is 0 Å². The van der Waals surface area contributed by atoms with E-state index in [-0.39, 0.29) is 11.9 Å². The molecule has 1 aliphatic rings. The van der Waals surface area contributed by atoms with Crippen molar-refractivity contribution in [2.24, 2.45) is 5.92 Å². The fraction of sp³-hybridized carbons (Fsp3) is 0.636. The lowest BCUT2D eigenvalue weighted by Gasteiger charge is -2.34. The van der Waals surface area contributed by atoms with Gasteiger partial charge in [0.25, 0.3) is 0 Å². The maximum atomic E-state index is 12.3. The SMILES string of the molecule is COC(=O)CCCC(=O)N(C)C[C@@H]1CCCN(CCc2ccc(OC)cc2)C1. The van der Waals surface area contributed by atoms with Crippen LogP contribution in [-0.2, 0) is 20.7 Å². The molecule has 1 fully saturated rings. The Morgan fingerprint density at radius 3 is 2.61 bits per heavy atom. The summed E-state index contributed by atoms with van der Waals surface area (Å²) in [4.78, 5) is 27.8. The molecule has 0 aliphatic carbocycles. The van der Waals surface area contributed by atoms with Gasteiger partial charge in [-0.3, -0.25) is 9.59 Å². The number of carbonyl (C=O) groups excluding carboxylic acids is 2. The van der Waals surface area contributed by atoms with Gasteiger partial charge in [0.2, 0.25) is 5.91 Å². The third-order valence-electron chi connectivity index (χ3n) is 5.44. The van der Waals surface area contributed by atoms with E-state index in [1.807, 2.05) is 24.1 Å². The van der Waals surface area contributed by atoms with Crippen LogP contribution in [0.25, 0.3) is 0 Å². The van der Waals surface area contributed by atoms with E-state index in [4.69, 9.17) is 4.74 Å². The van der Waals surface area contributed by atoms with E-state index in [9.17, 15) is 9.59 Å². The number of benzene rings is 1. The lowest BCUT2D eigenvalue weighted by Crippen LogP contribution is -2.42. The first kappa shape index (κ1) is 22.2. The minimum absolute atomic E-state index is 0.110. The summed E-state index contributed by atoms with van der Waals surface area (Å²) in [5.41, 5.74) is 1.32. The standard InChI is InChI=1S/C22H34N2O4/c1-23(21(25)7-4-8-22(26)28-3)16-19-6-5-14-24(17-19)15-13-18-9-11-20(27-2)12-10-18/h9-12,19H,4-8,13-17H2,1-3H3/t19-/m0/s1. The molecule has 156 valence electrons. The smallest absolute Gasteiger partial charge is 0.305 e. The van der Waals surface area contributed by atoms with Crippen LogP contribution < -0.4 is 4.74 Å². The highest BCUT2D eigenvalue weighted by Gasteiger charge is 2.22. The molecule has 0 aromatic heterocycles. The molecule has 1 heterocycles. The summed E-state index contributed by atoms with van der Waals surface area (Å²) in [6, 6.07) is 8.27. The summed E-state index contributed by atoms with van der Waals surface area (Å²) in [5.74, 6) is 1.26. The van der Waals surface area contributed by atoms with Crippen LogP contribution in [0.5, 0.6) is 5.75 Å². The number of methoxy groups -OCH3 is 2. The Morgan fingerprint density at radius 2 is 1.93 bits per heavy atom. The Balaban J connectivity index is 1.71. The number of likely N-dealkylation sites (tertiary alicyclic amines) is 1. The summed E-state index contributed by atoms with van der Waals surface area (Å²) in [7, 11) is 4.93. The molecule has 0 unspecified atom stereocenters. The summed E-state index contributed by atoms with van der Waals surface area (Å²) in [6.45, 7) is 4.00. The van der Waals surface area contributed by atoms with Gasteiger partial charge in [-0.1, -0.05) is 12.1 Å². The second-order valence-electron chi connectivity index (χ2n) is 7.61. The zero-order valence-electron chi connectivity index (χ0n) is 17.5. The van der Waals surface area contributed by atoms with Crippen molar-refractivity contribution < 1.29 is 19.1 Å². The van der Waals surface area contributed by atoms with Crippen LogP contribution in [-0.4, -0.2) is 69.1 Å². The summed E-state index contributed by atoms with van der Waals surface area (Å²) < 4.78 is 9.83. The van der Waals surface area contributed by atoms with Gasteiger partial charge in [-0.15, -0.1) is 0 Å². The van der Waals surface area contributed by atoms with Gasteiger partial charge in [-0.25, -0.2) is 0 Å². The first-order valence-corrected chi connectivity index (χ1v) is 10.2. The van der Waals surface area contributed by atoms with Crippen molar-refractivity contribution in [3.8, 4) is 5.75 Å². The zero-order valence-corrected chi connectivity index (χ0v) is 17.5. The predicted octanol–water partition coefficient (Wildman–Crippen LogP) is 2.75. The Hall–Kier alpha value is -2.08. The Labute approximate surface area is 168 Å². The van der Waals surface area contributed by atoms with Crippen molar-refractivity contribution in [3.63, 3.8) is 0 Å². The lowest BCUT2D eigenvalue weighted by molar-refractivity contribution is -0.140. The molecule has 0 saturated carbocycles. The van der Waals surface area contributed by atoms with Crippen molar-refractivity contribution in [1.29, 1.82) is 0 Å². The van der Waals surface area contributed by atoms with E-state index >= 15 is 0 Å². The number of nitrogens with zero attached hydrogens (tertiary/aromatic N) is 2. The highest BCUT2D eigenvalue weighted by atomic mass is 16.5. The Bertz CT molecular complexity index is 617. The minimum Gasteiger partial charge on any atom is -0.497 e. The van der Waals surface area contributed by atoms with Gasteiger partial charge in [0, 0.05) is 39.5 Å². The highest BCUT2D eigenvalue weighted by molar-refractivity contribution is 5.77. The topological polar surface area (TPSA) is 59.1 Å². The van der Waals surface area contributed by atoms with Gasteiger partial charge in [0.1, 0.15) is 5.75 Å². The van der Waals surface area contributed by atoms with E-state index in [0.717, 1.165) is 38.3 Å². The molecule has 0 radical (unpaired) electrons. The van der Waals surface area contributed by atoms with Crippen LogP contribution in [0.15, 0.2) is 24.3 Å². The summed E-state index contributed by atoms with van der Waals surface area (Å²) in [6.07, 6.45) is 4.63. The van der Waals surface area contributed by atoms with Crippen molar-refractivity contribution >= 4 is 11.9 Å². The highest BCUT2D eigenvalue weighted by Crippen LogP contribution is 2.19. The molecule has 0 N–H and O–H groups in total.